The van der Waals surface area contributed by atoms with E-state index in [2.05, 4.69) is 20.3 Å². The molecule has 7 nitrogen and oxygen atoms in total. The summed E-state index contributed by atoms with van der Waals surface area (Å²) in [7, 11) is 0. The first-order chi connectivity index (χ1) is 13.1. The second kappa shape index (κ2) is 6.87. The summed E-state index contributed by atoms with van der Waals surface area (Å²) < 4.78 is 1.86. The van der Waals surface area contributed by atoms with Gasteiger partial charge in [-0.25, -0.2) is 9.97 Å². The largest absolute Gasteiger partial charge is 0.360 e. The number of benzene rings is 1. The van der Waals surface area contributed by atoms with Crippen LogP contribution in [0.3, 0.4) is 0 Å². The molecule has 0 bridgehead atoms. The molecule has 3 heterocycles. The molecule has 0 spiro atoms. The first-order valence-electron chi connectivity index (χ1n) is 8.47. The van der Waals surface area contributed by atoms with Crippen LogP contribution < -0.4 is 10.7 Å². The van der Waals surface area contributed by atoms with E-state index >= 15 is 0 Å². The highest BCUT2D eigenvalue weighted by molar-refractivity contribution is 5.97. The van der Waals surface area contributed by atoms with E-state index in [1.807, 2.05) is 35.9 Å². The van der Waals surface area contributed by atoms with Gasteiger partial charge in [-0.3, -0.25) is 14.2 Å². The Hall–Kier alpha value is -3.74. The number of aromatic nitrogens is 4. The van der Waals surface area contributed by atoms with Crippen molar-refractivity contribution in [1.82, 2.24) is 24.8 Å². The highest BCUT2D eigenvalue weighted by atomic mass is 16.2. The number of fused-ring (bicyclic) bond motifs is 1. The van der Waals surface area contributed by atoms with E-state index in [1.165, 1.54) is 6.20 Å². The Morgan fingerprint density at radius 2 is 2.04 bits per heavy atom. The van der Waals surface area contributed by atoms with Crippen LogP contribution in [0.4, 0.5) is 0 Å². The maximum absolute atomic E-state index is 12.5. The monoisotopic (exact) mass is 359 g/mol. The number of hydrogen-bond donors (Lipinski definition) is 2. The molecule has 0 fully saturated rings. The number of H-pyrrole nitrogens is 1. The predicted molar refractivity (Wildman–Crippen MR) is 102 cm³/mol. The molecule has 0 aliphatic carbocycles. The Labute approximate surface area is 154 Å². The van der Waals surface area contributed by atoms with Crippen LogP contribution in [0.1, 0.15) is 21.7 Å². The van der Waals surface area contributed by atoms with Gasteiger partial charge in [0.25, 0.3) is 5.91 Å². The SMILES string of the molecule is Cc1nccn1-c1cc(CNC(=O)c2c[nH]c3ccccc3c2=O)ccn1. The van der Waals surface area contributed by atoms with Gasteiger partial charge in [-0.2, -0.15) is 0 Å². The third-order valence-electron chi connectivity index (χ3n) is 4.37. The van der Waals surface area contributed by atoms with Crippen LogP contribution in [0.15, 0.2) is 66.0 Å². The zero-order valence-electron chi connectivity index (χ0n) is 14.6. The molecular formula is C20H17N5O2. The molecule has 0 aliphatic heterocycles. The molecule has 7 heteroatoms. The summed E-state index contributed by atoms with van der Waals surface area (Å²) >= 11 is 0. The topological polar surface area (TPSA) is 92.7 Å². The molecule has 3 aromatic heterocycles. The van der Waals surface area contributed by atoms with Crippen LogP contribution in [0.5, 0.6) is 0 Å². The fourth-order valence-corrected chi connectivity index (χ4v) is 2.94. The number of carbonyl (C=O) groups is 1. The number of nitrogens with one attached hydrogen (secondary N) is 2. The minimum Gasteiger partial charge on any atom is -0.360 e. The van der Waals surface area contributed by atoms with Gasteiger partial charge in [0.05, 0.1) is 0 Å². The van der Waals surface area contributed by atoms with Crippen molar-refractivity contribution in [3.05, 3.63) is 88.4 Å². The van der Waals surface area contributed by atoms with Crippen LogP contribution in [0, 0.1) is 6.92 Å². The number of pyridine rings is 2. The zero-order valence-corrected chi connectivity index (χ0v) is 14.6. The predicted octanol–water partition coefficient (Wildman–Crippen LogP) is 2.35. The number of rotatable bonds is 4. The summed E-state index contributed by atoms with van der Waals surface area (Å²) in [5, 5.41) is 3.29. The number of aromatic amines is 1. The van der Waals surface area contributed by atoms with Gasteiger partial charge in [-0.1, -0.05) is 12.1 Å². The molecule has 4 aromatic rings. The van der Waals surface area contributed by atoms with Crippen molar-refractivity contribution >= 4 is 16.8 Å². The van der Waals surface area contributed by atoms with Crippen LogP contribution in [0.25, 0.3) is 16.7 Å². The van der Waals surface area contributed by atoms with E-state index < -0.39 is 5.91 Å². The van der Waals surface area contributed by atoms with Gasteiger partial charge in [0.2, 0.25) is 5.43 Å². The standard InChI is InChI=1S/C20H17N5O2/c1-13-21-8-9-25(13)18-10-14(6-7-22-18)11-24-20(27)16-12-23-17-5-3-2-4-15(17)19(16)26/h2-10,12H,11H2,1H3,(H,23,26)(H,24,27). The minimum absolute atomic E-state index is 0.0911. The molecule has 0 unspecified atom stereocenters. The quantitative estimate of drug-likeness (QED) is 0.585. The Morgan fingerprint density at radius 3 is 2.85 bits per heavy atom. The lowest BCUT2D eigenvalue weighted by atomic mass is 10.1. The van der Waals surface area contributed by atoms with Crippen molar-refractivity contribution in [2.75, 3.05) is 0 Å². The van der Waals surface area contributed by atoms with Crippen molar-refractivity contribution < 1.29 is 4.79 Å². The maximum Gasteiger partial charge on any atom is 0.257 e. The van der Waals surface area contributed by atoms with Gasteiger partial charge in [0.1, 0.15) is 17.2 Å². The van der Waals surface area contributed by atoms with Crippen molar-refractivity contribution in [2.45, 2.75) is 13.5 Å². The van der Waals surface area contributed by atoms with Crippen LogP contribution >= 0.6 is 0 Å². The number of imidazole rings is 1. The number of amides is 1. The highest BCUT2D eigenvalue weighted by Crippen LogP contribution is 2.10. The third-order valence-corrected chi connectivity index (χ3v) is 4.37. The van der Waals surface area contributed by atoms with Gasteiger partial charge in [0.15, 0.2) is 0 Å². The minimum atomic E-state index is -0.417. The number of hydrogen-bond acceptors (Lipinski definition) is 4. The van der Waals surface area contributed by atoms with E-state index in [1.54, 1.807) is 30.6 Å². The van der Waals surface area contributed by atoms with E-state index in [0.717, 1.165) is 17.2 Å². The second-order valence-electron chi connectivity index (χ2n) is 6.13. The van der Waals surface area contributed by atoms with Crippen LogP contribution in [-0.2, 0) is 6.54 Å². The molecule has 2 N–H and O–H groups in total. The number of nitrogens with zero attached hydrogens (tertiary/aromatic N) is 3. The van der Waals surface area contributed by atoms with Crippen LogP contribution in [0.2, 0.25) is 0 Å². The zero-order chi connectivity index (χ0) is 18.8. The number of para-hydroxylation sites is 1. The number of carbonyl (C=O) groups excluding carboxylic acids is 1. The normalized spacial score (nSPS) is 10.9. The Morgan fingerprint density at radius 1 is 1.19 bits per heavy atom. The summed E-state index contributed by atoms with van der Waals surface area (Å²) in [6.45, 7) is 2.18. The molecule has 0 radical (unpaired) electrons. The molecule has 0 saturated carbocycles. The summed E-state index contributed by atoms with van der Waals surface area (Å²) in [5.41, 5.74) is 1.38. The van der Waals surface area contributed by atoms with Gasteiger partial charge >= 0.3 is 0 Å². The van der Waals surface area contributed by atoms with Crippen molar-refractivity contribution in [3.63, 3.8) is 0 Å². The fourth-order valence-electron chi connectivity index (χ4n) is 2.94. The molecular weight excluding hydrogens is 342 g/mol. The number of aryl methyl sites for hydroxylation is 1. The van der Waals surface area contributed by atoms with Gasteiger partial charge in [0, 0.05) is 42.2 Å². The smallest absolute Gasteiger partial charge is 0.257 e. The summed E-state index contributed by atoms with van der Waals surface area (Å²) in [6, 6.07) is 10.8. The van der Waals surface area contributed by atoms with E-state index in [9.17, 15) is 9.59 Å². The van der Waals surface area contributed by atoms with E-state index in [4.69, 9.17) is 0 Å². The average Bonchev–Trinajstić information content (AvgIpc) is 3.13. The third kappa shape index (κ3) is 3.22. The average molecular weight is 359 g/mol. The van der Waals surface area contributed by atoms with Crippen molar-refractivity contribution in [1.29, 1.82) is 0 Å². The molecule has 4 rings (SSSR count). The van der Waals surface area contributed by atoms with Crippen LogP contribution in [-0.4, -0.2) is 25.4 Å². The lowest BCUT2D eigenvalue weighted by Gasteiger charge is -2.08. The fraction of sp³-hybridized carbons (Fsp3) is 0.100. The van der Waals surface area contributed by atoms with Gasteiger partial charge in [-0.05, 0) is 36.8 Å². The first kappa shape index (κ1) is 16.7. The van der Waals surface area contributed by atoms with Gasteiger partial charge in [-0.15, -0.1) is 0 Å². The lowest BCUT2D eigenvalue weighted by molar-refractivity contribution is 0.0949. The Kier molecular flexibility index (Phi) is 4.25. The summed E-state index contributed by atoms with van der Waals surface area (Å²) in [4.78, 5) is 36.5. The first-order valence-corrected chi connectivity index (χ1v) is 8.47. The maximum atomic E-state index is 12.5. The molecule has 134 valence electrons. The molecule has 1 amide bonds. The van der Waals surface area contributed by atoms with E-state index in [-0.39, 0.29) is 17.5 Å². The van der Waals surface area contributed by atoms with Crippen molar-refractivity contribution in [2.24, 2.45) is 0 Å². The summed E-state index contributed by atoms with van der Waals surface area (Å²) in [5.74, 6) is 1.13. The Balaban J connectivity index is 1.54. The molecule has 1 aromatic carbocycles. The van der Waals surface area contributed by atoms with Crippen molar-refractivity contribution in [3.8, 4) is 5.82 Å². The Bertz CT molecular complexity index is 1190. The molecule has 0 aliphatic rings. The summed E-state index contributed by atoms with van der Waals surface area (Å²) in [6.07, 6.45) is 6.66. The molecule has 27 heavy (non-hydrogen) atoms. The highest BCUT2D eigenvalue weighted by Gasteiger charge is 2.13. The van der Waals surface area contributed by atoms with Gasteiger partial charge < -0.3 is 10.3 Å². The second-order valence-corrected chi connectivity index (χ2v) is 6.13. The lowest BCUT2D eigenvalue weighted by Crippen LogP contribution is -2.28. The van der Waals surface area contributed by atoms with E-state index in [0.29, 0.717) is 10.9 Å². The molecule has 0 atom stereocenters. The molecule has 0 saturated heterocycles.